The van der Waals surface area contributed by atoms with Crippen LogP contribution in [-0.4, -0.2) is 0 Å². The summed E-state index contributed by atoms with van der Waals surface area (Å²) < 4.78 is 307. The third kappa shape index (κ3) is 7.01. The van der Waals surface area contributed by atoms with Crippen molar-refractivity contribution in [3.63, 3.8) is 0 Å². The van der Waals surface area contributed by atoms with Crippen LogP contribution in [0, 0.1) is 0 Å². The van der Waals surface area contributed by atoms with E-state index in [9.17, 15) is 15.1 Å². The van der Waals surface area contributed by atoms with E-state index >= 15 is 0 Å². The standard InChI is InChI=1S/C44H26.C34H22/c1-2-6-27(7-3-1)34-24-35(37-20-16-32-14-12-28-8-4-10-30-18-22-39(37)43(32)41(28)30)26-36(25-34)38-21-17-33-15-13-29-9-5-11-31-19-23-40(38)44(33)42(29)31;1-2-12-25-22-26(21-20-23(25)10-1)33-29-15-5-7-17-31(29)34(32-18-8-6-16-30(32)33)28-19-9-13-24-11-3-4-14-27(24)28/h1-26H;1-22H/i1D,2D,3D,4D,5D,6D,7D,8D,9D,10D,11D,12D,13D,14D,15D,16D,17D,18D,19D,20D,21D,22D,23D,24D,25D,26D;5D,6D,7D,8D,15D,16D,17D,18D. The van der Waals surface area contributed by atoms with Gasteiger partial charge in [0.05, 0.1) is 46.6 Å². The van der Waals surface area contributed by atoms with Crippen molar-refractivity contribution in [1.29, 1.82) is 0 Å². The Kier molecular flexibility index (Phi) is 5.05. The summed E-state index contributed by atoms with van der Waals surface area (Å²) in [6.45, 7) is 0. The van der Waals surface area contributed by atoms with Gasteiger partial charge in [-0.15, -0.1) is 0 Å². The van der Waals surface area contributed by atoms with Gasteiger partial charge < -0.3 is 0 Å². The second kappa shape index (κ2) is 17.7. The summed E-state index contributed by atoms with van der Waals surface area (Å²) in [6, 6.07) is 1.67. The fraction of sp³-hybridized carbons (Fsp3) is 0. The van der Waals surface area contributed by atoms with Gasteiger partial charge in [-0.3, -0.25) is 0 Å². The molecule has 0 radical (unpaired) electrons. The maximum Gasteiger partial charge on any atom is 0.0636 e. The van der Waals surface area contributed by atoms with Gasteiger partial charge in [0.15, 0.2) is 0 Å². The average Bonchev–Trinajstić information content (AvgIpc) is 0.690. The molecule has 0 spiro atoms. The first-order chi connectivity index (χ1) is 52.9. The van der Waals surface area contributed by atoms with E-state index in [1.807, 2.05) is 84.9 Å². The molecular formula is C78H48. The Labute approximate surface area is 499 Å². The van der Waals surface area contributed by atoms with Crippen molar-refractivity contribution in [2.24, 2.45) is 0 Å². The van der Waals surface area contributed by atoms with Crippen molar-refractivity contribution in [1.82, 2.24) is 0 Å². The molecule has 0 nitrogen and oxygen atoms in total. The van der Waals surface area contributed by atoms with Gasteiger partial charge in [-0.05, 0) is 188 Å². The van der Waals surface area contributed by atoms with Crippen LogP contribution >= 0.6 is 0 Å². The third-order valence-electron chi connectivity index (χ3n) is 14.1. The Bertz CT molecular complexity index is 6900. The van der Waals surface area contributed by atoms with E-state index in [0.29, 0.717) is 22.3 Å². The van der Waals surface area contributed by atoms with E-state index < -0.39 is 258 Å². The zero-order valence-corrected chi connectivity index (χ0v) is 40.1. The summed E-state index contributed by atoms with van der Waals surface area (Å²) in [5.41, 5.74) is -2.99. The topological polar surface area (TPSA) is 0 Å². The van der Waals surface area contributed by atoms with Gasteiger partial charge in [-0.25, -0.2) is 0 Å². The Balaban J connectivity index is 0.000000192. The van der Waals surface area contributed by atoms with Gasteiger partial charge >= 0.3 is 0 Å². The summed E-state index contributed by atoms with van der Waals surface area (Å²) in [6.07, 6.45) is 0. The van der Waals surface area contributed by atoms with Crippen LogP contribution in [0.3, 0.4) is 0 Å². The number of benzene rings is 17. The van der Waals surface area contributed by atoms with Crippen LogP contribution in [0.5, 0.6) is 0 Å². The third-order valence-corrected chi connectivity index (χ3v) is 14.1. The summed E-state index contributed by atoms with van der Waals surface area (Å²) in [4.78, 5) is 0. The molecule has 0 aliphatic rings. The van der Waals surface area contributed by atoms with Crippen molar-refractivity contribution < 1.29 is 46.6 Å². The highest BCUT2D eigenvalue weighted by atomic mass is 14.2. The minimum atomic E-state index is -1.06. The molecule has 0 unspecified atom stereocenters. The van der Waals surface area contributed by atoms with Crippen molar-refractivity contribution in [3.05, 3.63) is 290 Å². The quantitative estimate of drug-likeness (QED) is 0.119. The van der Waals surface area contributed by atoms with Crippen LogP contribution in [0.4, 0.5) is 0 Å². The lowest BCUT2D eigenvalue weighted by Crippen LogP contribution is -1.91. The molecule has 0 bridgehead atoms. The highest BCUT2D eigenvalue weighted by molar-refractivity contribution is 6.28. The van der Waals surface area contributed by atoms with Crippen LogP contribution in [-0.2, 0) is 0 Å². The second-order valence-corrected chi connectivity index (χ2v) is 18.3. The van der Waals surface area contributed by atoms with Crippen molar-refractivity contribution in [2.75, 3.05) is 0 Å². The molecule has 0 fully saturated rings. The largest absolute Gasteiger partial charge is 0.0636 e. The molecule has 17 aromatic rings. The highest BCUT2D eigenvalue weighted by Gasteiger charge is 2.20. The summed E-state index contributed by atoms with van der Waals surface area (Å²) in [7, 11) is 0. The number of hydrogen-bond donors (Lipinski definition) is 0. The van der Waals surface area contributed by atoms with Gasteiger partial charge in [0.25, 0.3) is 0 Å². The lowest BCUT2D eigenvalue weighted by molar-refractivity contribution is 1.59. The molecule has 0 heterocycles. The molecule has 0 atom stereocenters. The van der Waals surface area contributed by atoms with Crippen molar-refractivity contribution in [2.45, 2.75) is 0 Å². The molecule has 17 aromatic carbocycles. The Hall–Kier alpha value is -10.1. The SMILES string of the molecule is [2H]c1c([2H])c([2H])c(-c2c([2H])c(-c3c([2H])c([2H])c4c([2H])c([2H])c5c([2H])c([2H])c([2H])c6c([2H])c([2H])c3c4c56)c([2H])c(-c3c([2H])c([2H])c4c([2H])c([2H])c5c([2H])c([2H])c([2H])c6c([2H])c([2H])c3c4c56)c2[2H])c([2H])c1[2H].[2H]c1c([2H])c([2H])c2c(-c3cccc4ccccc34)c3c([2H])c([2H])c([2H])c([2H])c3c(-c3ccc4ccccc4c3)c2c1[2H]. The zero-order chi connectivity index (χ0) is 80.8. The fourth-order valence-electron chi connectivity index (χ4n) is 10.7. The molecule has 0 aliphatic heterocycles. The van der Waals surface area contributed by atoms with Crippen LogP contribution in [0.15, 0.2) is 290 Å². The van der Waals surface area contributed by atoms with Crippen LogP contribution in [0.25, 0.3) is 163 Å². The predicted molar refractivity (Wildman–Crippen MR) is 337 cm³/mol. The zero-order valence-electron chi connectivity index (χ0n) is 74.1. The molecule has 0 heteroatoms. The van der Waals surface area contributed by atoms with Gasteiger partial charge in [0.1, 0.15) is 0 Å². The predicted octanol–water partition coefficient (Wildman–Crippen LogP) is 22.1. The maximum atomic E-state index is 10.0. The van der Waals surface area contributed by atoms with E-state index in [-0.39, 0.29) is 67.3 Å². The van der Waals surface area contributed by atoms with Crippen LogP contribution in [0.2, 0.25) is 0 Å². The fourth-order valence-corrected chi connectivity index (χ4v) is 10.7. The average molecular weight is 1020 g/mol. The molecule has 0 aromatic heterocycles. The first-order valence-corrected chi connectivity index (χ1v) is 24.4. The molecule has 0 amide bonds. The number of rotatable bonds is 5. The summed E-state index contributed by atoms with van der Waals surface area (Å²) in [5.74, 6) is 0. The minimum Gasteiger partial charge on any atom is -0.0622 e. The Morgan fingerprint density at radius 3 is 1.23 bits per heavy atom. The van der Waals surface area contributed by atoms with Gasteiger partial charge in [0, 0.05) is 0 Å². The molecule has 0 N–H and O–H groups in total. The summed E-state index contributed by atoms with van der Waals surface area (Å²) in [5, 5.41) is -0.765. The highest BCUT2D eigenvalue weighted by Crippen LogP contribution is 2.47. The molecular weight excluding hydrogens is 937 g/mol. The lowest BCUT2D eigenvalue weighted by atomic mass is 9.84. The number of hydrogen-bond acceptors (Lipinski definition) is 0. The van der Waals surface area contributed by atoms with Gasteiger partial charge in [-0.1, -0.05) is 266 Å². The van der Waals surface area contributed by atoms with E-state index in [1.54, 1.807) is 0 Å². The van der Waals surface area contributed by atoms with Crippen molar-refractivity contribution >= 4 is 108 Å². The monoisotopic (exact) mass is 1020 g/mol. The molecule has 17 rings (SSSR count). The van der Waals surface area contributed by atoms with E-state index in [0.717, 1.165) is 21.5 Å². The Morgan fingerprint density at radius 1 is 0.205 bits per heavy atom. The Morgan fingerprint density at radius 2 is 0.654 bits per heavy atom. The van der Waals surface area contributed by atoms with Crippen LogP contribution in [0.1, 0.15) is 46.6 Å². The van der Waals surface area contributed by atoms with Crippen molar-refractivity contribution in [3.8, 4) is 55.6 Å². The second-order valence-electron chi connectivity index (χ2n) is 18.3. The van der Waals surface area contributed by atoms with E-state index in [1.165, 1.54) is 0 Å². The lowest BCUT2D eigenvalue weighted by Gasteiger charge is -2.19. The molecule has 360 valence electrons. The first kappa shape index (κ1) is 22.2. The number of fused-ring (bicyclic) bond motifs is 4. The summed E-state index contributed by atoms with van der Waals surface area (Å²) >= 11 is 0. The molecule has 78 heavy (non-hydrogen) atoms. The maximum absolute atomic E-state index is 10.0. The molecule has 0 saturated heterocycles. The first-order valence-electron chi connectivity index (χ1n) is 41.4. The molecule has 0 aliphatic carbocycles. The minimum absolute atomic E-state index is 0.219. The molecule has 0 saturated carbocycles. The smallest absolute Gasteiger partial charge is 0.0622 e. The van der Waals surface area contributed by atoms with Crippen LogP contribution < -0.4 is 0 Å². The van der Waals surface area contributed by atoms with Gasteiger partial charge in [0.2, 0.25) is 0 Å². The van der Waals surface area contributed by atoms with E-state index in [2.05, 4.69) is 0 Å². The van der Waals surface area contributed by atoms with Gasteiger partial charge in [-0.2, -0.15) is 0 Å². The normalized spacial score (nSPS) is 17.9. The van der Waals surface area contributed by atoms with E-state index in [4.69, 9.17) is 31.5 Å².